The van der Waals surface area contributed by atoms with Crippen LogP contribution in [0.1, 0.15) is 10.4 Å². The Morgan fingerprint density at radius 2 is 1.79 bits per heavy atom. The van der Waals surface area contributed by atoms with Crippen molar-refractivity contribution in [3.63, 3.8) is 0 Å². The number of aryl methyl sites for hydroxylation is 1. The van der Waals surface area contributed by atoms with E-state index in [-0.39, 0.29) is 45.2 Å². The van der Waals surface area contributed by atoms with Gasteiger partial charge in [-0.2, -0.15) is 5.10 Å². The van der Waals surface area contributed by atoms with Gasteiger partial charge in [0.05, 0.1) is 12.5 Å². The van der Waals surface area contributed by atoms with Crippen LogP contribution >= 0.6 is 15.2 Å². The average Bonchev–Trinajstić information content (AvgIpc) is 3.21. The van der Waals surface area contributed by atoms with E-state index in [2.05, 4.69) is 25.7 Å². The van der Waals surface area contributed by atoms with Gasteiger partial charge in [-0.05, 0) is 24.3 Å². The van der Waals surface area contributed by atoms with Gasteiger partial charge in [0.15, 0.2) is 23.0 Å². The van der Waals surface area contributed by atoms with Gasteiger partial charge in [-0.3, -0.25) is 18.6 Å². The molecule has 200 valence electrons. The van der Waals surface area contributed by atoms with Gasteiger partial charge in [-0.25, -0.2) is 14.4 Å². The van der Waals surface area contributed by atoms with Gasteiger partial charge in [-0.15, -0.1) is 0 Å². The quantitative estimate of drug-likeness (QED) is 0.170. The van der Waals surface area contributed by atoms with E-state index in [9.17, 15) is 37.9 Å². The maximum atomic E-state index is 14.0. The molecular formula is C21H21FN6O8P2. The number of aromatic nitrogens is 4. The normalized spacial score (nSPS) is 12.1. The number of amides is 1. The Hall–Kier alpha value is -3.71. The first-order valence-corrected chi connectivity index (χ1v) is 14.0. The van der Waals surface area contributed by atoms with Crippen molar-refractivity contribution in [1.29, 1.82) is 0 Å². The van der Waals surface area contributed by atoms with Crippen LogP contribution in [-0.4, -0.2) is 57.9 Å². The topological polar surface area (TPSA) is 209 Å². The summed E-state index contributed by atoms with van der Waals surface area (Å²) in [5, 5.41) is 8.99. The molecule has 0 bridgehead atoms. The summed E-state index contributed by atoms with van der Waals surface area (Å²) in [6.07, 6.45) is 1.40. The number of hydrogen-bond acceptors (Lipinski definition) is 8. The molecule has 0 saturated heterocycles. The van der Waals surface area contributed by atoms with Crippen LogP contribution in [0.4, 0.5) is 15.9 Å². The molecule has 0 atom stereocenters. The van der Waals surface area contributed by atoms with Crippen LogP contribution < -0.4 is 15.4 Å². The van der Waals surface area contributed by atoms with Gasteiger partial charge in [0.2, 0.25) is 5.52 Å². The molecule has 0 saturated carbocycles. The number of methoxy groups -OCH3 is 1. The molecule has 4 rings (SSSR count). The molecule has 0 radical (unpaired) electrons. The van der Waals surface area contributed by atoms with Crippen LogP contribution in [0.2, 0.25) is 0 Å². The van der Waals surface area contributed by atoms with E-state index in [4.69, 9.17) is 4.74 Å². The first kappa shape index (κ1) is 27.3. The Bertz CT molecular complexity index is 1610. The predicted molar refractivity (Wildman–Crippen MR) is 134 cm³/mol. The highest BCUT2D eigenvalue weighted by Crippen LogP contribution is 2.59. The van der Waals surface area contributed by atoms with Gasteiger partial charge >= 0.3 is 15.2 Å². The number of rotatable bonds is 8. The molecule has 2 aromatic carbocycles. The second kappa shape index (κ2) is 10.2. The van der Waals surface area contributed by atoms with Crippen LogP contribution in [-0.2, 0) is 16.2 Å². The molecule has 0 unspecified atom stereocenters. The molecule has 0 aliphatic carbocycles. The van der Waals surface area contributed by atoms with E-state index in [1.165, 1.54) is 48.3 Å². The Labute approximate surface area is 213 Å². The third kappa shape index (κ3) is 5.89. The second-order valence-corrected chi connectivity index (χ2v) is 11.8. The first-order valence-electron chi connectivity index (χ1n) is 10.6. The lowest BCUT2D eigenvalue weighted by atomic mass is 10.1. The summed E-state index contributed by atoms with van der Waals surface area (Å²) < 4.78 is 43.8. The van der Waals surface area contributed by atoms with Gasteiger partial charge in [0.25, 0.3) is 5.91 Å². The lowest BCUT2D eigenvalue weighted by Gasteiger charge is -2.21. The second-order valence-electron chi connectivity index (χ2n) is 8.02. The fourth-order valence-corrected chi connectivity index (χ4v) is 5.64. The zero-order chi connectivity index (χ0) is 27.8. The molecule has 0 aliphatic rings. The van der Waals surface area contributed by atoms with Crippen molar-refractivity contribution in [2.24, 2.45) is 7.05 Å². The van der Waals surface area contributed by atoms with Crippen LogP contribution in [0.3, 0.4) is 0 Å². The molecule has 38 heavy (non-hydrogen) atoms. The number of anilines is 2. The van der Waals surface area contributed by atoms with Crippen LogP contribution in [0, 0.1) is 5.82 Å². The molecule has 2 aromatic heterocycles. The van der Waals surface area contributed by atoms with Crippen molar-refractivity contribution in [2.45, 2.75) is 5.52 Å². The summed E-state index contributed by atoms with van der Waals surface area (Å²) in [7, 11) is -7.81. The summed E-state index contributed by atoms with van der Waals surface area (Å²) in [4.78, 5) is 59.4. The molecule has 6 N–H and O–H groups in total. The number of fused-ring (bicyclic) bond motifs is 1. The summed E-state index contributed by atoms with van der Waals surface area (Å²) >= 11 is 0. The van der Waals surface area contributed by atoms with E-state index >= 15 is 0 Å². The number of carbonyl (C=O) groups is 1. The lowest BCUT2D eigenvalue weighted by Crippen LogP contribution is -2.21. The summed E-state index contributed by atoms with van der Waals surface area (Å²) in [6.45, 7) is 0. The van der Waals surface area contributed by atoms with Crippen LogP contribution in [0.5, 0.6) is 5.75 Å². The Balaban J connectivity index is 1.71. The number of nitrogens with one attached hydrogen (secondary N) is 2. The van der Waals surface area contributed by atoms with Gasteiger partial charge in [0, 0.05) is 36.1 Å². The van der Waals surface area contributed by atoms with E-state index in [1.54, 1.807) is 13.1 Å². The first-order chi connectivity index (χ1) is 17.8. The van der Waals surface area contributed by atoms with E-state index < -0.39 is 32.4 Å². The highest BCUT2D eigenvalue weighted by molar-refractivity contribution is 7.71. The SMILES string of the molecule is COc1ccc(NC(=O)c2cccc(-c3nc(NC(P(=O)(O)O)P(=O)(O)O)c4cn(C)nc4n3)c2)cc1F. The monoisotopic (exact) mass is 566 g/mol. The van der Waals surface area contributed by atoms with Gasteiger partial charge in [0.1, 0.15) is 5.82 Å². The maximum absolute atomic E-state index is 14.0. The van der Waals surface area contributed by atoms with Crippen molar-refractivity contribution in [1.82, 2.24) is 19.7 Å². The van der Waals surface area contributed by atoms with Gasteiger partial charge < -0.3 is 34.9 Å². The molecule has 4 aromatic rings. The number of nitrogens with zero attached hydrogens (tertiary/aromatic N) is 4. The van der Waals surface area contributed by atoms with Crippen molar-refractivity contribution in [3.8, 4) is 17.1 Å². The summed E-state index contributed by atoms with van der Waals surface area (Å²) in [5.74, 6) is -1.59. The Morgan fingerprint density at radius 1 is 1.08 bits per heavy atom. The maximum Gasteiger partial charge on any atom is 0.360 e. The molecule has 0 aliphatic heterocycles. The minimum absolute atomic E-state index is 0.0104. The largest absolute Gasteiger partial charge is 0.494 e. The number of benzene rings is 2. The van der Waals surface area contributed by atoms with Crippen molar-refractivity contribution >= 4 is 43.6 Å². The van der Waals surface area contributed by atoms with E-state index in [1.807, 2.05) is 0 Å². The molecule has 0 spiro atoms. The lowest BCUT2D eigenvalue weighted by molar-refractivity contribution is 0.102. The third-order valence-corrected chi connectivity index (χ3v) is 8.53. The minimum Gasteiger partial charge on any atom is -0.494 e. The molecule has 0 fully saturated rings. The van der Waals surface area contributed by atoms with Crippen LogP contribution in [0.15, 0.2) is 48.7 Å². The van der Waals surface area contributed by atoms with Crippen molar-refractivity contribution in [2.75, 3.05) is 17.7 Å². The number of carbonyl (C=O) groups excluding carboxylic acids is 1. The van der Waals surface area contributed by atoms with Crippen molar-refractivity contribution < 1.29 is 42.6 Å². The smallest absolute Gasteiger partial charge is 0.360 e. The fourth-order valence-electron chi connectivity index (χ4n) is 3.49. The van der Waals surface area contributed by atoms with Crippen molar-refractivity contribution in [3.05, 3.63) is 60.0 Å². The molecule has 2 heterocycles. The highest BCUT2D eigenvalue weighted by atomic mass is 31.2. The third-order valence-electron chi connectivity index (χ3n) is 5.19. The molecule has 14 nitrogen and oxygen atoms in total. The number of hydrogen-bond donors (Lipinski definition) is 6. The van der Waals surface area contributed by atoms with E-state index in [0.29, 0.717) is 0 Å². The minimum atomic E-state index is -5.33. The standard InChI is InChI=1S/C21H21FN6O8P2/c1-28-10-14-18(26-21(37(30,31)32)38(33,34)35)24-17(25-19(14)27-28)11-4-3-5-12(8-11)20(29)23-13-6-7-16(36-2)15(22)9-13/h3-10,21H,1-2H3,(H,23,29)(H2,30,31,32)(H2,33,34,35)(H,24,25,26,27). The molecule has 1 amide bonds. The zero-order valence-corrected chi connectivity index (χ0v) is 21.5. The van der Waals surface area contributed by atoms with E-state index in [0.717, 1.165) is 6.07 Å². The fraction of sp³-hybridized carbons (Fsp3) is 0.143. The number of halogens is 1. The predicted octanol–water partition coefficient (Wildman–Crippen LogP) is 2.48. The molecule has 17 heteroatoms. The Morgan fingerprint density at radius 3 is 2.42 bits per heavy atom. The average molecular weight is 566 g/mol. The number of ether oxygens (including phenoxy) is 1. The Kier molecular flexibility index (Phi) is 7.35. The summed E-state index contributed by atoms with van der Waals surface area (Å²) in [5.41, 5.74) is -1.92. The van der Waals surface area contributed by atoms with Gasteiger partial charge in [-0.1, -0.05) is 12.1 Å². The highest BCUT2D eigenvalue weighted by Gasteiger charge is 2.44. The zero-order valence-electron chi connectivity index (χ0n) is 19.7. The summed E-state index contributed by atoms with van der Waals surface area (Å²) in [6, 6.07) is 9.86. The molecular weight excluding hydrogens is 545 g/mol. The van der Waals surface area contributed by atoms with Crippen LogP contribution in [0.25, 0.3) is 22.4 Å².